The van der Waals surface area contributed by atoms with Gasteiger partial charge in [0, 0.05) is 13.1 Å². The molecule has 0 aromatic rings. The van der Waals surface area contributed by atoms with Crippen molar-refractivity contribution in [2.45, 2.75) is 38.5 Å². The van der Waals surface area contributed by atoms with E-state index in [4.69, 9.17) is 0 Å². The van der Waals surface area contributed by atoms with Crippen LogP contribution >= 0.6 is 0 Å². The predicted molar refractivity (Wildman–Crippen MR) is 60.6 cm³/mol. The zero-order chi connectivity index (χ0) is 10.5. The van der Waals surface area contributed by atoms with E-state index in [1.807, 2.05) is 4.90 Å². The Hall–Kier alpha value is -0.570. The molecule has 15 heavy (non-hydrogen) atoms. The van der Waals surface area contributed by atoms with Crippen LogP contribution in [0.25, 0.3) is 0 Å². The Labute approximate surface area is 92.2 Å². The average molecular weight is 210 g/mol. The molecular weight excluding hydrogens is 188 g/mol. The van der Waals surface area contributed by atoms with Crippen molar-refractivity contribution in [2.24, 2.45) is 5.92 Å². The summed E-state index contributed by atoms with van der Waals surface area (Å²) in [6, 6.07) is 0. The van der Waals surface area contributed by atoms with Gasteiger partial charge in [-0.05, 0) is 44.6 Å². The molecule has 86 valence electrons. The topological polar surface area (TPSA) is 32.3 Å². The van der Waals surface area contributed by atoms with Crippen LogP contribution in [0.5, 0.6) is 0 Å². The van der Waals surface area contributed by atoms with Crippen LogP contribution in [0.2, 0.25) is 0 Å². The first-order valence-electron chi connectivity index (χ1n) is 6.35. The molecule has 1 heterocycles. The normalized spacial score (nSPS) is 22.5. The molecule has 1 saturated heterocycles. The number of likely N-dealkylation sites (tertiary alicyclic amines) is 1. The highest BCUT2D eigenvalue weighted by atomic mass is 16.2. The highest BCUT2D eigenvalue weighted by Gasteiger charge is 2.19. The van der Waals surface area contributed by atoms with Crippen LogP contribution in [0.3, 0.4) is 0 Å². The van der Waals surface area contributed by atoms with Gasteiger partial charge in [-0.25, -0.2) is 0 Å². The number of carbonyl (C=O) groups excluding carboxylic acids is 1. The number of hydrogen-bond donors (Lipinski definition) is 1. The van der Waals surface area contributed by atoms with E-state index in [1.165, 1.54) is 38.5 Å². The molecule has 0 aromatic carbocycles. The van der Waals surface area contributed by atoms with Gasteiger partial charge in [-0.2, -0.15) is 0 Å². The molecule has 1 saturated carbocycles. The van der Waals surface area contributed by atoms with Crippen LogP contribution in [-0.2, 0) is 4.79 Å². The summed E-state index contributed by atoms with van der Waals surface area (Å²) in [4.78, 5) is 13.8. The summed E-state index contributed by atoms with van der Waals surface area (Å²) in [5, 5.41) is 3.29. The summed E-state index contributed by atoms with van der Waals surface area (Å²) in [5.41, 5.74) is 0. The van der Waals surface area contributed by atoms with Crippen molar-refractivity contribution in [3.8, 4) is 0 Å². The number of rotatable bonds is 4. The average Bonchev–Trinajstić information content (AvgIpc) is 2.23. The molecule has 0 aromatic heterocycles. The number of hydrogen-bond acceptors (Lipinski definition) is 2. The second-order valence-electron chi connectivity index (χ2n) is 4.87. The maximum Gasteiger partial charge on any atom is 0.236 e. The number of carbonyl (C=O) groups is 1. The Morgan fingerprint density at radius 2 is 1.87 bits per heavy atom. The molecule has 0 radical (unpaired) electrons. The third kappa shape index (κ3) is 3.20. The van der Waals surface area contributed by atoms with Gasteiger partial charge in [-0.3, -0.25) is 4.79 Å². The molecule has 3 nitrogen and oxygen atoms in total. The van der Waals surface area contributed by atoms with Crippen LogP contribution in [0.1, 0.15) is 38.5 Å². The third-order valence-corrected chi connectivity index (χ3v) is 3.64. The monoisotopic (exact) mass is 210 g/mol. The SMILES string of the molecule is O=C(CNCC1CCC1)N1CCCCC1. The van der Waals surface area contributed by atoms with E-state index in [2.05, 4.69) is 5.32 Å². The van der Waals surface area contributed by atoms with Crippen LogP contribution in [-0.4, -0.2) is 37.0 Å². The van der Waals surface area contributed by atoms with Gasteiger partial charge in [-0.1, -0.05) is 6.42 Å². The number of amides is 1. The van der Waals surface area contributed by atoms with Gasteiger partial charge in [-0.15, -0.1) is 0 Å². The van der Waals surface area contributed by atoms with Crippen LogP contribution < -0.4 is 5.32 Å². The van der Waals surface area contributed by atoms with Gasteiger partial charge in [0.2, 0.25) is 5.91 Å². The van der Waals surface area contributed by atoms with Crippen molar-refractivity contribution in [3.63, 3.8) is 0 Å². The van der Waals surface area contributed by atoms with Crippen molar-refractivity contribution in [1.82, 2.24) is 10.2 Å². The largest absolute Gasteiger partial charge is 0.342 e. The number of nitrogens with zero attached hydrogens (tertiary/aromatic N) is 1. The summed E-state index contributed by atoms with van der Waals surface area (Å²) in [6.07, 6.45) is 7.75. The second kappa shape index (κ2) is 5.50. The first-order chi connectivity index (χ1) is 7.36. The molecule has 0 atom stereocenters. The van der Waals surface area contributed by atoms with Crippen LogP contribution in [0.15, 0.2) is 0 Å². The van der Waals surface area contributed by atoms with E-state index >= 15 is 0 Å². The van der Waals surface area contributed by atoms with E-state index in [1.54, 1.807) is 0 Å². The molecule has 1 aliphatic heterocycles. The van der Waals surface area contributed by atoms with Crippen LogP contribution in [0.4, 0.5) is 0 Å². The van der Waals surface area contributed by atoms with Crippen molar-refractivity contribution in [2.75, 3.05) is 26.2 Å². The van der Waals surface area contributed by atoms with E-state index in [0.29, 0.717) is 12.5 Å². The first kappa shape index (κ1) is 10.9. The third-order valence-electron chi connectivity index (χ3n) is 3.64. The van der Waals surface area contributed by atoms with Crippen molar-refractivity contribution in [3.05, 3.63) is 0 Å². The quantitative estimate of drug-likeness (QED) is 0.760. The van der Waals surface area contributed by atoms with Gasteiger partial charge in [0.15, 0.2) is 0 Å². The van der Waals surface area contributed by atoms with E-state index in [9.17, 15) is 4.79 Å². The van der Waals surface area contributed by atoms with Crippen LogP contribution in [0, 0.1) is 5.92 Å². The fourth-order valence-corrected chi connectivity index (χ4v) is 2.34. The van der Waals surface area contributed by atoms with Crippen molar-refractivity contribution >= 4 is 5.91 Å². The molecule has 0 unspecified atom stereocenters. The lowest BCUT2D eigenvalue weighted by molar-refractivity contribution is -0.131. The smallest absolute Gasteiger partial charge is 0.236 e. The lowest BCUT2D eigenvalue weighted by atomic mass is 9.85. The Balaban J connectivity index is 1.58. The van der Waals surface area contributed by atoms with Gasteiger partial charge in [0.05, 0.1) is 6.54 Å². The molecule has 3 heteroatoms. The Morgan fingerprint density at radius 3 is 2.47 bits per heavy atom. The standard InChI is InChI=1S/C12H22N2O/c15-12(14-7-2-1-3-8-14)10-13-9-11-5-4-6-11/h11,13H,1-10H2. The minimum Gasteiger partial charge on any atom is -0.342 e. The Morgan fingerprint density at radius 1 is 1.13 bits per heavy atom. The fraction of sp³-hybridized carbons (Fsp3) is 0.917. The van der Waals surface area contributed by atoms with Gasteiger partial charge >= 0.3 is 0 Å². The minimum absolute atomic E-state index is 0.300. The number of piperidine rings is 1. The molecule has 2 fully saturated rings. The summed E-state index contributed by atoms with van der Waals surface area (Å²) in [5.74, 6) is 1.15. The molecule has 1 N–H and O–H groups in total. The maximum atomic E-state index is 11.7. The molecular formula is C12H22N2O. The van der Waals surface area contributed by atoms with Crippen molar-refractivity contribution < 1.29 is 4.79 Å². The molecule has 1 amide bonds. The zero-order valence-corrected chi connectivity index (χ0v) is 9.50. The summed E-state index contributed by atoms with van der Waals surface area (Å²) < 4.78 is 0. The first-order valence-corrected chi connectivity index (χ1v) is 6.35. The highest BCUT2D eigenvalue weighted by molar-refractivity contribution is 5.78. The maximum absolute atomic E-state index is 11.7. The molecule has 0 spiro atoms. The van der Waals surface area contributed by atoms with E-state index in [-0.39, 0.29) is 0 Å². The van der Waals surface area contributed by atoms with Gasteiger partial charge in [0.1, 0.15) is 0 Å². The minimum atomic E-state index is 0.300. The fourth-order valence-electron chi connectivity index (χ4n) is 2.34. The number of nitrogens with one attached hydrogen (secondary N) is 1. The second-order valence-corrected chi connectivity index (χ2v) is 4.87. The Bertz CT molecular complexity index is 208. The lowest BCUT2D eigenvalue weighted by Gasteiger charge is -2.28. The zero-order valence-electron chi connectivity index (χ0n) is 9.50. The van der Waals surface area contributed by atoms with Gasteiger partial charge in [0.25, 0.3) is 0 Å². The molecule has 0 bridgehead atoms. The molecule has 2 rings (SSSR count). The predicted octanol–water partition coefficient (Wildman–Crippen LogP) is 1.39. The van der Waals surface area contributed by atoms with Crippen molar-refractivity contribution in [1.29, 1.82) is 0 Å². The van der Waals surface area contributed by atoms with E-state index in [0.717, 1.165) is 25.6 Å². The lowest BCUT2D eigenvalue weighted by Crippen LogP contribution is -2.42. The van der Waals surface area contributed by atoms with E-state index < -0.39 is 0 Å². The van der Waals surface area contributed by atoms with Gasteiger partial charge < -0.3 is 10.2 Å². The Kier molecular flexibility index (Phi) is 4.01. The summed E-state index contributed by atoms with van der Waals surface area (Å²) in [6.45, 7) is 3.55. The summed E-state index contributed by atoms with van der Waals surface area (Å²) >= 11 is 0. The summed E-state index contributed by atoms with van der Waals surface area (Å²) in [7, 11) is 0. The molecule has 2 aliphatic rings. The highest BCUT2D eigenvalue weighted by Crippen LogP contribution is 2.24. The molecule has 1 aliphatic carbocycles.